The molecular weight excluding hydrogens is 313 g/mol. The van der Waals surface area contributed by atoms with Gasteiger partial charge in [0.1, 0.15) is 0 Å². The molecule has 0 fully saturated rings. The summed E-state index contributed by atoms with van der Waals surface area (Å²) in [6.07, 6.45) is 0. The van der Waals surface area contributed by atoms with Crippen LogP contribution in [0.4, 0.5) is 0 Å². The van der Waals surface area contributed by atoms with Gasteiger partial charge in [0.25, 0.3) is 0 Å². The molecule has 0 aliphatic carbocycles. The minimum atomic E-state index is 0.0496. The highest BCUT2D eigenvalue weighted by atomic mass is 35.5. The smallest absolute Gasteiger partial charge is 0.0483 e. The average molecular weight is 329 g/mol. The van der Waals surface area contributed by atoms with E-state index < -0.39 is 0 Å². The van der Waals surface area contributed by atoms with Gasteiger partial charge in [-0.3, -0.25) is 0 Å². The van der Waals surface area contributed by atoms with Crippen molar-refractivity contribution in [2.45, 2.75) is 26.4 Å². The second-order valence-electron chi connectivity index (χ2n) is 4.87. The largest absolute Gasteiger partial charge is 0.306 e. The van der Waals surface area contributed by atoms with Crippen LogP contribution in [0.15, 0.2) is 36.4 Å². The SMILES string of the molecule is Cc1ccc(CNC(C)c2c(Cl)cc(Cl)cc2Cl)cc1. The summed E-state index contributed by atoms with van der Waals surface area (Å²) < 4.78 is 0. The topological polar surface area (TPSA) is 12.0 Å². The monoisotopic (exact) mass is 327 g/mol. The van der Waals surface area contributed by atoms with Gasteiger partial charge in [-0.05, 0) is 31.5 Å². The molecule has 20 heavy (non-hydrogen) atoms. The third-order valence-electron chi connectivity index (χ3n) is 3.21. The summed E-state index contributed by atoms with van der Waals surface area (Å²) in [5.41, 5.74) is 3.36. The number of hydrogen-bond donors (Lipinski definition) is 1. The van der Waals surface area contributed by atoms with E-state index >= 15 is 0 Å². The lowest BCUT2D eigenvalue weighted by atomic mass is 10.1. The van der Waals surface area contributed by atoms with Gasteiger partial charge in [0.2, 0.25) is 0 Å². The van der Waals surface area contributed by atoms with E-state index in [1.54, 1.807) is 12.1 Å². The van der Waals surface area contributed by atoms with Crippen molar-refractivity contribution >= 4 is 34.8 Å². The number of aryl methyl sites for hydroxylation is 1. The zero-order valence-corrected chi connectivity index (χ0v) is 13.7. The van der Waals surface area contributed by atoms with Crippen LogP contribution in [-0.2, 0) is 6.54 Å². The first-order valence-corrected chi connectivity index (χ1v) is 7.54. The number of nitrogens with one attached hydrogen (secondary N) is 1. The van der Waals surface area contributed by atoms with E-state index in [0.29, 0.717) is 15.1 Å². The van der Waals surface area contributed by atoms with Crippen molar-refractivity contribution in [3.8, 4) is 0 Å². The Balaban J connectivity index is 2.09. The number of benzene rings is 2. The van der Waals surface area contributed by atoms with Crippen molar-refractivity contribution in [1.82, 2.24) is 5.32 Å². The highest BCUT2D eigenvalue weighted by Crippen LogP contribution is 2.33. The first-order chi connectivity index (χ1) is 9.47. The van der Waals surface area contributed by atoms with Crippen LogP contribution in [0.1, 0.15) is 29.7 Å². The molecule has 2 aromatic rings. The van der Waals surface area contributed by atoms with Crippen LogP contribution in [0.5, 0.6) is 0 Å². The molecule has 0 aliphatic heterocycles. The maximum absolute atomic E-state index is 6.22. The summed E-state index contributed by atoms with van der Waals surface area (Å²) in [5.74, 6) is 0. The molecule has 4 heteroatoms. The lowest BCUT2D eigenvalue weighted by Gasteiger charge is -2.17. The molecule has 1 atom stereocenters. The quantitative estimate of drug-likeness (QED) is 0.747. The Bertz CT molecular complexity index is 570. The van der Waals surface area contributed by atoms with Gasteiger partial charge in [-0.25, -0.2) is 0 Å². The van der Waals surface area contributed by atoms with Crippen LogP contribution in [-0.4, -0.2) is 0 Å². The molecule has 1 nitrogen and oxygen atoms in total. The van der Waals surface area contributed by atoms with Crippen molar-refractivity contribution in [2.24, 2.45) is 0 Å². The average Bonchev–Trinajstić information content (AvgIpc) is 2.37. The van der Waals surface area contributed by atoms with Crippen molar-refractivity contribution in [1.29, 1.82) is 0 Å². The maximum Gasteiger partial charge on any atom is 0.0483 e. The second kappa shape index (κ2) is 6.82. The Morgan fingerprint density at radius 2 is 1.55 bits per heavy atom. The number of hydrogen-bond acceptors (Lipinski definition) is 1. The molecule has 2 rings (SSSR count). The predicted molar refractivity (Wildman–Crippen MR) is 87.9 cm³/mol. The van der Waals surface area contributed by atoms with Crippen molar-refractivity contribution in [2.75, 3.05) is 0 Å². The molecule has 0 radical (unpaired) electrons. The first kappa shape index (κ1) is 15.7. The van der Waals surface area contributed by atoms with Crippen molar-refractivity contribution in [3.63, 3.8) is 0 Å². The van der Waals surface area contributed by atoms with Gasteiger partial charge in [-0.2, -0.15) is 0 Å². The third kappa shape index (κ3) is 3.89. The highest BCUT2D eigenvalue weighted by Gasteiger charge is 2.14. The van der Waals surface area contributed by atoms with E-state index in [4.69, 9.17) is 34.8 Å². The van der Waals surface area contributed by atoms with Crippen LogP contribution >= 0.6 is 34.8 Å². The van der Waals surface area contributed by atoms with Gasteiger partial charge >= 0.3 is 0 Å². The van der Waals surface area contributed by atoms with Gasteiger partial charge in [-0.1, -0.05) is 64.6 Å². The lowest BCUT2D eigenvalue weighted by Crippen LogP contribution is -2.18. The highest BCUT2D eigenvalue weighted by molar-refractivity contribution is 6.39. The van der Waals surface area contributed by atoms with E-state index in [0.717, 1.165) is 12.1 Å². The molecule has 0 aromatic heterocycles. The van der Waals surface area contributed by atoms with Crippen LogP contribution in [0.25, 0.3) is 0 Å². The third-order valence-corrected chi connectivity index (χ3v) is 4.05. The van der Waals surface area contributed by atoms with Crippen LogP contribution in [0.3, 0.4) is 0 Å². The number of halogens is 3. The van der Waals surface area contributed by atoms with Crippen LogP contribution in [0.2, 0.25) is 15.1 Å². The lowest BCUT2D eigenvalue weighted by molar-refractivity contribution is 0.575. The van der Waals surface area contributed by atoms with E-state index in [1.807, 2.05) is 6.92 Å². The van der Waals surface area contributed by atoms with Gasteiger partial charge in [0.15, 0.2) is 0 Å². The van der Waals surface area contributed by atoms with Gasteiger partial charge in [0.05, 0.1) is 0 Å². The molecule has 0 heterocycles. The minimum absolute atomic E-state index is 0.0496. The molecule has 0 saturated heterocycles. The number of rotatable bonds is 4. The molecular formula is C16H16Cl3N. The summed E-state index contributed by atoms with van der Waals surface area (Å²) >= 11 is 18.4. The van der Waals surface area contributed by atoms with Crippen LogP contribution < -0.4 is 5.32 Å². The Labute approximate surface area is 134 Å². The molecule has 106 valence electrons. The van der Waals surface area contributed by atoms with E-state index in [2.05, 4.69) is 36.5 Å². The normalized spacial score (nSPS) is 12.4. The molecule has 0 spiro atoms. The summed E-state index contributed by atoms with van der Waals surface area (Å²) in [4.78, 5) is 0. The fourth-order valence-electron chi connectivity index (χ4n) is 2.05. The zero-order valence-electron chi connectivity index (χ0n) is 11.4. The Morgan fingerprint density at radius 3 is 2.10 bits per heavy atom. The summed E-state index contributed by atoms with van der Waals surface area (Å²) in [7, 11) is 0. The Morgan fingerprint density at radius 1 is 1.00 bits per heavy atom. The molecule has 0 bridgehead atoms. The molecule has 1 N–H and O–H groups in total. The summed E-state index contributed by atoms with van der Waals surface area (Å²) in [6, 6.07) is 11.9. The molecule has 0 saturated carbocycles. The fraction of sp³-hybridized carbons (Fsp3) is 0.250. The predicted octanol–water partition coefficient (Wildman–Crippen LogP) is 5.81. The van der Waals surface area contributed by atoms with Crippen LogP contribution in [0, 0.1) is 6.92 Å². The molecule has 2 aromatic carbocycles. The Kier molecular flexibility index (Phi) is 5.34. The zero-order chi connectivity index (χ0) is 14.7. The summed E-state index contributed by atoms with van der Waals surface area (Å²) in [5, 5.41) is 5.15. The van der Waals surface area contributed by atoms with E-state index in [1.165, 1.54) is 11.1 Å². The van der Waals surface area contributed by atoms with E-state index in [9.17, 15) is 0 Å². The van der Waals surface area contributed by atoms with Crippen molar-refractivity contribution < 1.29 is 0 Å². The van der Waals surface area contributed by atoms with E-state index in [-0.39, 0.29) is 6.04 Å². The standard InChI is InChI=1S/C16H16Cl3N/c1-10-3-5-12(6-4-10)9-20-11(2)16-14(18)7-13(17)8-15(16)19/h3-8,11,20H,9H2,1-2H3. The second-order valence-corrected chi connectivity index (χ2v) is 6.12. The Hall–Kier alpha value is -0.730. The molecule has 0 amide bonds. The molecule has 1 unspecified atom stereocenters. The van der Waals surface area contributed by atoms with Gasteiger partial charge in [-0.15, -0.1) is 0 Å². The minimum Gasteiger partial charge on any atom is -0.306 e. The van der Waals surface area contributed by atoms with Gasteiger partial charge in [0, 0.05) is 33.2 Å². The fourth-order valence-corrected chi connectivity index (χ4v) is 3.19. The first-order valence-electron chi connectivity index (χ1n) is 6.40. The van der Waals surface area contributed by atoms with Crippen molar-refractivity contribution in [3.05, 3.63) is 68.2 Å². The molecule has 0 aliphatic rings. The maximum atomic E-state index is 6.22. The summed E-state index contributed by atoms with van der Waals surface area (Å²) in [6.45, 7) is 4.87. The van der Waals surface area contributed by atoms with Gasteiger partial charge < -0.3 is 5.32 Å².